The molecule has 14 heteroatoms. The second-order valence-corrected chi connectivity index (χ2v) is 11.1. The number of ether oxygens (including phenoxy) is 3. The number of hydrogen-bond donors (Lipinski definition) is 5. The predicted octanol–water partition coefficient (Wildman–Crippen LogP) is 1.53. The minimum Gasteiger partial charge on any atom is -0.380 e. The van der Waals surface area contributed by atoms with Crippen molar-refractivity contribution in [3.63, 3.8) is 0 Å². The molecule has 0 bridgehead atoms. The van der Waals surface area contributed by atoms with Crippen LogP contribution in [-0.4, -0.2) is 112 Å². The van der Waals surface area contributed by atoms with E-state index in [0.29, 0.717) is 35.6 Å². The van der Waals surface area contributed by atoms with Gasteiger partial charge in [0.15, 0.2) is 12.2 Å². The summed E-state index contributed by atoms with van der Waals surface area (Å²) in [5.74, 6) is -1.83. The smallest absolute Gasteiger partial charge is 0.252 e. The van der Waals surface area contributed by atoms with E-state index >= 15 is 0 Å². The first kappa shape index (κ1) is 35.7. The summed E-state index contributed by atoms with van der Waals surface area (Å²) in [6.45, 7) is 3.23. The van der Waals surface area contributed by atoms with Gasteiger partial charge in [0.2, 0.25) is 5.91 Å². The predicted molar refractivity (Wildman–Crippen MR) is 166 cm³/mol. The highest BCUT2D eigenvalue weighted by Gasteiger charge is 2.29. The molecule has 12 nitrogen and oxygen atoms in total. The lowest BCUT2D eigenvalue weighted by atomic mass is 9.84. The number of nitrogens with one attached hydrogen (secondary N) is 3. The topological polar surface area (TPSA) is 159 Å². The molecule has 3 atom stereocenters. The number of amides is 3. The Bertz CT molecular complexity index is 1270. The second-order valence-electron chi connectivity index (χ2n) is 10.3. The Hall–Kier alpha value is -2.81. The summed E-state index contributed by atoms with van der Waals surface area (Å²) >= 11 is 12.8. The molecule has 2 aromatic rings. The van der Waals surface area contributed by atoms with Gasteiger partial charge >= 0.3 is 0 Å². The number of carbonyl (C=O) groups is 3. The van der Waals surface area contributed by atoms with Crippen molar-refractivity contribution in [3.8, 4) is 0 Å². The lowest BCUT2D eigenvalue weighted by Crippen LogP contribution is -2.49. The molecular formula is C30H40Cl2N4O8. The lowest BCUT2D eigenvalue weighted by Gasteiger charge is -2.33. The van der Waals surface area contributed by atoms with Gasteiger partial charge in [0.05, 0.1) is 46.1 Å². The average Bonchev–Trinajstić information content (AvgIpc) is 3.00. The quantitative estimate of drug-likeness (QED) is 0.160. The average molecular weight is 656 g/mol. The first-order valence-electron chi connectivity index (χ1n) is 14.3. The van der Waals surface area contributed by atoms with Crippen LogP contribution < -0.4 is 16.0 Å². The minimum atomic E-state index is -1.87. The van der Waals surface area contributed by atoms with Gasteiger partial charge in [-0.1, -0.05) is 35.3 Å². The first-order valence-corrected chi connectivity index (χ1v) is 15.0. The molecule has 242 valence electrons. The van der Waals surface area contributed by atoms with Crippen molar-refractivity contribution in [1.82, 2.24) is 15.5 Å². The lowest BCUT2D eigenvalue weighted by molar-refractivity contribution is -0.145. The maximum atomic E-state index is 12.5. The van der Waals surface area contributed by atoms with Gasteiger partial charge in [0.1, 0.15) is 0 Å². The van der Waals surface area contributed by atoms with Gasteiger partial charge in [0.25, 0.3) is 11.8 Å². The number of hydrogen-bond acceptors (Lipinski definition) is 9. The van der Waals surface area contributed by atoms with E-state index in [4.69, 9.17) is 37.4 Å². The van der Waals surface area contributed by atoms with Crippen molar-refractivity contribution in [3.05, 3.63) is 63.1 Å². The maximum absolute atomic E-state index is 12.5. The normalized spacial score (nSPS) is 16.1. The van der Waals surface area contributed by atoms with Crippen LogP contribution >= 0.6 is 23.2 Å². The third-order valence-electron chi connectivity index (χ3n) is 6.91. The van der Waals surface area contributed by atoms with E-state index < -0.39 is 24.0 Å². The van der Waals surface area contributed by atoms with Gasteiger partial charge in [0, 0.05) is 48.3 Å². The number of carbonyl (C=O) groups excluding carboxylic acids is 3. The Balaban J connectivity index is 1.27. The highest BCUT2D eigenvalue weighted by atomic mass is 35.5. The molecule has 3 amide bonds. The third kappa shape index (κ3) is 11.0. The standard InChI is InChI=1S/C30H40Cl2N4O8/c1-33-29(40)27(38)28(39)30(41)34-7-9-43-11-13-44-12-10-42-8-6-26(37)35-21-5-3-4-19(14-21)23-17-36(2)18-24-22(23)15-20(31)16-25(24)32/h3-5,14-16,23,27-28,38-39H,6-13,17-18H2,1-2H3,(H,33,40)(H,34,41)(H,35,37)/t23?,27-,28-/m1/s1. The fraction of sp³-hybridized carbons (Fsp3) is 0.500. The minimum absolute atomic E-state index is 0.0711. The van der Waals surface area contributed by atoms with Crippen LogP contribution in [0.3, 0.4) is 0 Å². The van der Waals surface area contributed by atoms with Crippen molar-refractivity contribution < 1.29 is 38.8 Å². The molecule has 0 saturated heterocycles. The fourth-order valence-corrected chi connectivity index (χ4v) is 5.25. The molecule has 0 aromatic heterocycles. The molecule has 5 N–H and O–H groups in total. The molecule has 0 radical (unpaired) electrons. The molecule has 1 heterocycles. The number of halogens is 2. The van der Waals surface area contributed by atoms with E-state index in [1.807, 2.05) is 30.3 Å². The Morgan fingerprint density at radius 2 is 1.61 bits per heavy atom. The monoisotopic (exact) mass is 654 g/mol. The Morgan fingerprint density at radius 3 is 2.32 bits per heavy atom. The van der Waals surface area contributed by atoms with Crippen LogP contribution in [0.25, 0.3) is 0 Å². The van der Waals surface area contributed by atoms with Crippen LogP contribution in [0.15, 0.2) is 36.4 Å². The summed E-state index contributed by atoms with van der Waals surface area (Å²) in [7, 11) is 3.33. The fourth-order valence-electron chi connectivity index (χ4n) is 4.68. The number of aliphatic hydroxyl groups is 2. The van der Waals surface area contributed by atoms with Crippen LogP contribution in [-0.2, 0) is 35.1 Å². The molecule has 44 heavy (non-hydrogen) atoms. The molecule has 2 aromatic carbocycles. The van der Waals surface area contributed by atoms with Crippen molar-refractivity contribution in [2.45, 2.75) is 31.1 Å². The Morgan fingerprint density at radius 1 is 0.955 bits per heavy atom. The summed E-state index contributed by atoms with van der Waals surface area (Å²) in [6.07, 6.45) is -3.53. The summed E-state index contributed by atoms with van der Waals surface area (Å²) in [4.78, 5) is 37.7. The SMILES string of the molecule is CNC(=O)[C@H](O)[C@@H](O)C(=O)NCCOCCOCCOCCC(=O)Nc1cccc(C2CN(C)Cc3c(Cl)cc(Cl)cc32)c1. The van der Waals surface area contributed by atoms with Crippen LogP contribution in [0.5, 0.6) is 0 Å². The summed E-state index contributed by atoms with van der Waals surface area (Å²) < 4.78 is 16.2. The molecular weight excluding hydrogens is 615 g/mol. The number of aliphatic hydroxyl groups excluding tert-OH is 2. The molecule has 1 aliphatic heterocycles. The zero-order valence-corrected chi connectivity index (χ0v) is 26.3. The maximum Gasteiger partial charge on any atom is 0.252 e. The largest absolute Gasteiger partial charge is 0.380 e. The number of rotatable bonds is 17. The van der Waals surface area contributed by atoms with E-state index in [9.17, 15) is 24.6 Å². The van der Waals surface area contributed by atoms with Crippen LogP contribution in [0.4, 0.5) is 5.69 Å². The summed E-state index contributed by atoms with van der Waals surface area (Å²) in [5.41, 5.74) is 3.94. The Kier molecular flexibility index (Phi) is 14.8. The van der Waals surface area contributed by atoms with Gasteiger partial charge in [-0.15, -0.1) is 0 Å². The van der Waals surface area contributed by atoms with E-state index in [1.165, 1.54) is 7.05 Å². The molecule has 0 spiro atoms. The van der Waals surface area contributed by atoms with Gasteiger partial charge in [-0.3, -0.25) is 14.4 Å². The van der Waals surface area contributed by atoms with E-state index in [2.05, 4.69) is 27.9 Å². The zero-order valence-electron chi connectivity index (χ0n) is 24.8. The molecule has 0 fully saturated rings. The van der Waals surface area contributed by atoms with E-state index in [0.717, 1.165) is 29.8 Å². The molecule has 0 aliphatic carbocycles. The van der Waals surface area contributed by atoms with E-state index in [-0.39, 0.29) is 44.6 Å². The van der Waals surface area contributed by atoms with Gasteiger partial charge in [-0.2, -0.15) is 0 Å². The second kappa shape index (κ2) is 18.2. The van der Waals surface area contributed by atoms with Crippen molar-refractivity contribution in [2.75, 3.05) is 72.1 Å². The molecule has 0 saturated carbocycles. The third-order valence-corrected chi connectivity index (χ3v) is 7.47. The van der Waals surface area contributed by atoms with Crippen LogP contribution in [0.1, 0.15) is 29.0 Å². The Labute approximate surface area is 266 Å². The molecule has 3 rings (SSSR count). The van der Waals surface area contributed by atoms with Gasteiger partial charge < -0.3 is 45.3 Å². The highest BCUT2D eigenvalue weighted by molar-refractivity contribution is 6.35. The van der Waals surface area contributed by atoms with Crippen molar-refractivity contribution in [2.24, 2.45) is 0 Å². The van der Waals surface area contributed by atoms with E-state index in [1.54, 1.807) is 6.07 Å². The number of fused-ring (bicyclic) bond motifs is 1. The first-order chi connectivity index (χ1) is 21.1. The number of nitrogens with zero attached hydrogens (tertiary/aromatic N) is 1. The summed E-state index contributed by atoms with van der Waals surface area (Å²) in [6, 6.07) is 11.5. The summed E-state index contributed by atoms with van der Waals surface area (Å²) in [5, 5.41) is 27.8. The molecule has 1 unspecified atom stereocenters. The molecule has 1 aliphatic rings. The van der Waals surface area contributed by atoms with Crippen LogP contribution in [0.2, 0.25) is 10.0 Å². The highest BCUT2D eigenvalue weighted by Crippen LogP contribution is 2.38. The van der Waals surface area contributed by atoms with Crippen molar-refractivity contribution >= 4 is 46.6 Å². The zero-order chi connectivity index (χ0) is 32.1. The van der Waals surface area contributed by atoms with Gasteiger partial charge in [-0.05, 0) is 48.0 Å². The number of anilines is 1. The van der Waals surface area contributed by atoms with Gasteiger partial charge in [-0.25, -0.2) is 0 Å². The van der Waals surface area contributed by atoms with Crippen molar-refractivity contribution in [1.29, 1.82) is 0 Å². The van der Waals surface area contributed by atoms with Crippen LogP contribution in [0, 0.1) is 0 Å². The number of likely N-dealkylation sites (N-methyl/N-ethyl adjacent to an activating group) is 2. The number of benzene rings is 2.